The van der Waals surface area contributed by atoms with Gasteiger partial charge in [-0.2, -0.15) is 0 Å². The predicted octanol–water partition coefficient (Wildman–Crippen LogP) is 4.06. The first-order valence-electron chi connectivity index (χ1n) is 7.56. The number of ketones is 2. The van der Waals surface area contributed by atoms with E-state index in [0.29, 0.717) is 22.3 Å². The number of non-ortho nitro benzene ring substituents is 1. The third kappa shape index (κ3) is 3.21. The van der Waals surface area contributed by atoms with Gasteiger partial charge in [-0.25, -0.2) is 0 Å². The van der Waals surface area contributed by atoms with Crippen LogP contribution < -0.4 is 0 Å². The average molecular weight is 331 g/mol. The van der Waals surface area contributed by atoms with Crippen LogP contribution in [0.4, 0.5) is 5.69 Å². The van der Waals surface area contributed by atoms with Gasteiger partial charge in [0.25, 0.3) is 5.69 Å². The van der Waals surface area contributed by atoms with Gasteiger partial charge < -0.3 is 0 Å². The largest absolute Gasteiger partial charge is 0.289 e. The first kappa shape index (κ1) is 16.3. The third-order valence-electron chi connectivity index (χ3n) is 3.80. The van der Waals surface area contributed by atoms with E-state index in [4.69, 9.17) is 0 Å². The molecule has 4 rings (SSSR count). The summed E-state index contributed by atoms with van der Waals surface area (Å²) in [7, 11) is 0. The number of nitro groups is 1. The Morgan fingerprint density at radius 1 is 0.560 bits per heavy atom. The van der Waals surface area contributed by atoms with E-state index in [1.54, 1.807) is 66.7 Å². The lowest BCUT2D eigenvalue weighted by Crippen LogP contribution is -2.20. The minimum Gasteiger partial charge on any atom is -0.289 e. The summed E-state index contributed by atoms with van der Waals surface area (Å²) >= 11 is 0. The smallest absolute Gasteiger partial charge is 0.269 e. The van der Waals surface area contributed by atoms with Gasteiger partial charge >= 0.3 is 0 Å². The highest BCUT2D eigenvalue weighted by Gasteiger charge is 2.28. The Balaban J connectivity index is 0.000000173. The van der Waals surface area contributed by atoms with Gasteiger partial charge in [0.05, 0.1) is 4.92 Å². The monoisotopic (exact) mass is 331 g/mol. The molecule has 0 amide bonds. The van der Waals surface area contributed by atoms with Gasteiger partial charge in [0.2, 0.25) is 0 Å². The lowest BCUT2D eigenvalue weighted by molar-refractivity contribution is -0.384. The second-order valence-corrected chi connectivity index (χ2v) is 5.34. The molecular weight excluding hydrogens is 318 g/mol. The van der Waals surface area contributed by atoms with E-state index in [1.165, 1.54) is 12.1 Å². The minimum absolute atomic E-state index is 0.0641. The number of hydrogen-bond acceptors (Lipinski definition) is 4. The van der Waals surface area contributed by atoms with Crippen LogP contribution in [0.25, 0.3) is 0 Å². The maximum atomic E-state index is 12.1. The molecule has 0 aromatic heterocycles. The Morgan fingerprint density at radius 3 is 1.16 bits per heavy atom. The van der Waals surface area contributed by atoms with Crippen molar-refractivity contribution in [3.8, 4) is 0 Å². The van der Waals surface area contributed by atoms with Crippen LogP contribution in [-0.2, 0) is 0 Å². The standard InChI is InChI=1S/C14H8O2.C6H5NO2/c15-13-9-5-1-2-6-10(9)14(16)12-8-4-3-7-11(12)13;8-7(9)6-4-2-1-3-5-6/h1-8H;1-5H. The summed E-state index contributed by atoms with van der Waals surface area (Å²) < 4.78 is 0. The number of carbonyl (C=O) groups excluding carboxylic acids is 2. The molecule has 0 N–H and O–H groups in total. The Labute approximate surface area is 143 Å². The molecule has 0 aliphatic heterocycles. The van der Waals surface area contributed by atoms with E-state index >= 15 is 0 Å². The van der Waals surface area contributed by atoms with Gasteiger partial charge in [-0.15, -0.1) is 0 Å². The summed E-state index contributed by atoms with van der Waals surface area (Å²) in [6.45, 7) is 0. The van der Waals surface area contributed by atoms with Crippen LogP contribution in [0.3, 0.4) is 0 Å². The maximum absolute atomic E-state index is 12.1. The van der Waals surface area contributed by atoms with Gasteiger partial charge in [-0.3, -0.25) is 19.7 Å². The van der Waals surface area contributed by atoms with Crippen molar-refractivity contribution in [2.24, 2.45) is 0 Å². The molecule has 0 radical (unpaired) electrons. The summed E-state index contributed by atoms with van der Waals surface area (Å²) in [5.41, 5.74) is 2.16. The SMILES string of the molecule is O=C1c2ccccc2C(=O)c2ccccc21.O=[N+]([O-])c1ccccc1. The average Bonchev–Trinajstić information content (AvgIpc) is 2.67. The molecule has 0 heterocycles. The molecule has 25 heavy (non-hydrogen) atoms. The first-order chi connectivity index (χ1) is 12.1. The molecule has 0 atom stereocenters. The number of nitro benzene ring substituents is 1. The maximum Gasteiger partial charge on any atom is 0.269 e. The quantitative estimate of drug-likeness (QED) is 0.389. The summed E-state index contributed by atoms with van der Waals surface area (Å²) in [6.07, 6.45) is 0. The number of fused-ring (bicyclic) bond motifs is 2. The molecule has 122 valence electrons. The second-order valence-electron chi connectivity index (χ2n) is 5.34. The lowest BCUT2D eigenvalue weighted by atomic mass is 9.84. The molecule has 0 saturated carbocycles. The van der Waals surface area contributed by atoms with Crippen LogP contribution in [0.5, 0.6) is 0 Å². The Morgan fingerprint density at radius 2 is 0.880 bits per heavy atom. The van der Waals surface area contributed by atoms with Gasteiger partial charge in [-0.1, -0.05) is 66.7 Å². The van der Waals surface area contributed by atoms with Crippen molar-refractivity contribution in [3.63, 3.8) is 0 Å². The summed E-state index contributed by atoms with van der Waals surface area (Å²) in [4.78, 5) is 33.8. The molecule has 0 unspecified atom stereocenters. The second kappa shape index (κ2) is 6.88. The van der Waals surface area contributed by atoms with Crippen molar-refractivity contribution in [2.45, 2.75) is 0 Å². The molecule has 3 aromatic rings. The molecule has 1 aliphatic rings. The van der Waals surface area contributed by atoms with E-state index in [1.807, 2.05) is 0 Å². The highest BCUT2D eigenvalue weighted by Crippen LogP contribution is 2.26. The normalized spacial score (nSPS) is 11.7. The number of nitrogens with zero attached hydrogens (tertiary/aromatic N) is 1. The fourth-order valence-corrected chi connectivity index (χ4v) is 2.60. The Kier molecular flexibility index (Phi) is 4.48. The van der Waals surface area contributed by atoms with Crippen LogP contribution in [0.2, 0.25) is 0 Å². The number of rotatable bonds is 1. The summed E-state index contributed by atoms with van der Waals surface area (Å²) in [5, 5.41) is 10.0. The van der Waals surface area contributed by atoms with Crippen LogP contribution >= 0.6 is 0 Å². The molecule has 3 aromatic carbocycles. The Bertz CT molecular complexity index is 859. The zero-order valence-electron chi connectivity index (χ0n) is 13.1. The van der Waals surface area contributed by atoms with Crippen molar-refractivity contribution in [2.75, 3.05) is 0 Å². The number of carbonyl (C=O) groups is 2. The number of benzene rings is 3. The lowest BCUT2D eigenvalue weighted by Gasteiger charge is -2.16. The fraction of sp³-hybridized carbons (Fsp3) is 0. The van der Waals surface area contributed by atoms with Crippen LogP contribution in [0.1, 0.15) is 31.8 Å². The molecule has 0 fully saturated rings. The molecule has 0 spiro atoms. The van der Waals surface area contributed by atoms with Crippen molar-refractivity contribution in [1.29, 1.82) is 0 Å². The minimum atomic E-state index is -0.417. The van der Waals surface area contributed by atoms with Crippen LogP contribution in [0.15, 0.2) is 78.9 Å². The summed E-state index contributed by atoms with van der Waals surface area (Å²) in [6, 6.07) is 21.8. The van der Waals surface area contributed by atoms with E-state index in [-0.39, 0.29) is 17.3 Å². The molecule has 0 bridgehead atoms. The van der Waals surface area contributed by atoms with Gasteiger partial charge in [0.15, 0.2) is 11.6 Å². The van der Waals surface area contributed by atoms with Crippen LogP contribution in [-0.4, -0.2) is 16.5 Å². The van der Waals surface area contributed by atoms with Crippen molar-refractivity contribution in [1.82, 2.24) is 0 Å². The van der Waals surface area contributed by atoms with Crippen LogP contribution in [0, 0.1) is 10.1 Å². The molecule has 1 aliphatic carbocycles. The molecule has 0 saturated heterocycles. The van der Waals surface area contributed by atoms with E-state index in [0.717, 1.165) is 0 Å². The first-order valence-corrected chi connectivity index (χ1v) is 7.56. The molecule has 5 heteroatoms. The van der Waals surface area contributed by atoms with E-state index < -0.39 is 4.92 Å². The van der Waals surface area contributed by atoms with Crippen molar-refractivity contribution >= 4 is 17.3 Å². The number of para-hydroxylation sites is 1. The Hall–Kier alpha value is -3.60. The topological polar surface area (TPSA) is 77.3 Å². The van der Waals surface area contributed by atoms with E-state index in [2.05, 4.69) is 0 Å². The molecular formula is C20H13NO4. The predicted molar refractivity (Wildman–Crippen MR) is 92.8 cm³/mol. The highest BCUT2D eigenvalue weighted by molar-refractivity contribution is 6.28. The molecule has 5 nitrogen and oxygen atoms in total. The van der Waals surface area contributed by atoms with Gasteiger partial charge in [0.1, 0.15) is 0 Å². The van der Waals surface area contributed by atoms with Crippen molar-refractivity contribution < 1.29 is 14.5 Å². The third-order valence-corrected chi connectivity index (χ3v) is 3.80. The van der Waals surface area contributed by atoms with Gasteiger partial charge in [0, 0.05) is 34.4 Å². The van der Waals surface area contributed by atoms with E-state index in [9.17, 15) is 19.7 Å². The fourth-order valence-electron chi connectivity index (χ4n) is 2.60. The number of hydrogen-bond donors (Lipinski definition) is 0. The zero-order valence-corrected chi connectivity index (χ0v) is 13.1. The zero-order chi connectivity index (χ0) is 17.8. The van der Waals surface area contributed by atoms with Gasteiger partial charge in [-0.05, 0) is 0 Å². The highest BCUT2D eigenvalue weighted by atomic mass is 16.6. The van der Waals surface area contributed by atoms with Crippen molar-refractivity contribution in [3.05, 3.63) is 111 Å². The summed E-state index contributed by atoms with van der Waals surface area (Å²) in [5.74, 6) is -0.128.